The average molecular weight is 416 g/mol. The van der Waals surface area contributed by atoms with Gasteiger partial charge < -0.3 is 5.32 Å². The fraction of sp³-hybridized carbons (Fsp3) is 0.105. The van der Waals surface area contributed by atoms with Gasteiger partial charge in [-0.2, -0.15) is 0 Å². The summed E-state index contributed by atoms with van der Waals surface area (Å²) in [4.78, 5) is 35.9. The van der Waals surface area contributed by atoms with Gasteiger partial charge in [0.2, 0.25) is 5.91 Å². The predicted octanol–water partition coefficient (Wildman–Crippen LogP) is 2.43. The first kappa shape index (κ1) is 19.4. The number of rotatable bonds is 5. The Kier molecular flexibility index (Phi) is 7.11. The van der Waals surface area contributed by atoms with Gasteiger partial charge >= 0.3 is 0 Å². The highest BCUT2D eigenvalue weighted by Gasteiger charge is 2.16. The van der Waals surface area contributed by atoms with E-state index in [0.29, 0.717) is 10.0 Å². The number of hydrogen-bond acceptors (Lipinski definition) is 3. The summed E-state index contributed by atoms with van der Waals surface area (Å²) in [5.74, 6) is -1.41. The van der Waals surface area contributed by atoms with Gasteiger partial charge in [0.15, 0.2) is 0 Å². The second-order valence-electron chi connectivity index (χ2n) is 5.40. The Balaban J connectivity index is 1.82. The van der Waals surface area contributed by atoms with Gasteiger partial charge in [-0.25, -0.2) is 0 Å². The Hall–Kier alpha value is -2.93. The number of carbonyl (C=O) groups is 3. The summed E-state index contributed by atoms with van der Waals surface area (Å²) < 4.78 is 0.610. The molecule has 0 spiro atoms. The van der Waals surface area contributed by atoms with Crippen molar-refractivity contribution in [1.82, 2.24) is 16.2 Å². The Morgan fingerprint density at radius 1 is 0.962 bits per heavy atom. The molecule has 3 amide bonds. The first-order chi connectivity index (χ1) is 12.5. The Bertz CT molecular complexity index is 822. The highest BCUT2D eigenvalue weighted by Crippen LogP contribution is 2.15. The molecule has 0 saturated heterocycles. The highest BCUT2D eigenvalue weighted by molar-refractivity contribution is 9.10. The third-order valence-corrected chi connectivity index (χ3v) is 4.09. The van der Waals surface area contributed by atoms with E-state index in [-0.39, 0.29) is 0 Å². The van der Waals surface area contributed by atoms with Crippen LogP contribution in [0, 0.1) is 0 Å². The SMILES string of the molecule is C[C@H](NC(=O)/C=C/c1ccccc1)C(=O)NNC(=O)c1ccccc1Br. The van der Waals surface area contributed by atoms with Crippen molar-refractivity contribution in [3.63, 3.8) is 0 Å². The number of nitrogens with one attached hydrogen (secondary N) is 3. The molecule has 0 aliphatic rings. The van der Waals surface area contributed by atoms with E-state index in [4.69, 9.17) is 0 Å². The van der Waals surface area contributed by atoms with Crippen molar-refractivity contribution in [2.45, 2.75) is 13.0 Å². The Morgan fingerprint density at radius 2 is 1.62 bits per heavy atom. The van der Waals surface area contributed by atoms with E-state index >= 15 is 0 Å². The molecule has 0 bridgehead atoms. The van der Waals surface area contributed by atoms with Crippen molar-refractivity contribution in [3.8, 4) is 0 Å². The van der Waals surface area contributed by atoms with Crippen LogP contribution in [0.2, 0.25) is 0 Å². The van der Waals surface area contributed by atoms with E-state index in [1.165, 1.54) is 13.0 Å². The highest BCUT2D eigenvalue weighted by atomic mass is 79.9. The minimum Gasteiger partial charge on any atom is -0.341 e. The summed E-state index contributed by atoms with van der Waals surface area (Å²) in [6.45, 7) is 1.52. The standard InChI is InChI=1S/C19H18BrN3O3/c1-13(21-17(24)12-11-14-7-3-2-4-8-14)18(25)22-23-19(26)15-9-5-6-10-16(15)20/h2-13H,1H3,(H,21,24)(H,22,25)(H,23,26)/b12-11+/t13-/m0/s1. The van der Waals surface area contributed by atoms with Crippen molar-refractivity contribution < 1.29 is 14.4 Å². The summed E-state index contributed by atoms with van der Waals surface area (Å²) in [6, 6.07) is 15.3. The summed E-state index contributed by atoms with van der Waals surface area (Å²) in [7, 11) is 0. The molecule has 0 radical (unpaired) electrons. The van der Waals surface area contributed by atoms with Crippen LogP contribution < -0.4 is 16.2 Å². The summed E-state index contributed by atoms with van der Waals surface area (Å²) >= 11 is 3.26. The van der Waals surface area contributed by atoms with Crippen LogP contribution in [-0.2, 0) is 9.59 Å². The minimum atomic E-state index is -0.817. The topological polar surface area (TPSA) is 87.3 Å². The molecule has 7 heteroatoms. The first-order valence-corrected chi connectivity index (χ1v) is 8.65. The van der Waals surface area contributed by atoms with Crippen LogP contribution >= 0.6 is 15.9 Å². The number of hydrazine groups is 1. The maximum atomic E-state index is 12.0. The van der Waals surface area contributed by atoms with Gasteiger partial charge in [-0.3, -0.25) is 25.2 Å². The second-order valence-corrected chi connectivity index (χ2v) is 6.25. The van der Waals surface area contributed by atoms with Crippen LogP contribution in [0.25, 0.3) is 6.08 Å². The molecule has 0 saturated carbocycles. The molecule has 2 rings (SSSR count). The molecule has 134 valence electrons. The molecule has 26 heavy (non-hydrogen) atoms. The normalized spacial score (nSPS) is 11.6. The van der Waals surface area contributed by atoms with Crippen molar-refractivity contribution in [1.29, 1.82) is 0 Å². The van der Waals surface area contributed by atoms with Gasteiger partial charge in [0, 0.05) is 10.5 Å². The van der Waals surface area contributed by atoms with Crippen molar-refractivity contribution in [3.05, 3.63) is 76.3 Å². The van der Waals surface area contributed by atoms with Crippen LogP contribution in [0.4, 0.5) is 0 Å². The molecule has 1 atom stereocenters. The fourth-order valence-corrected chi connectivity index (χ4v) is 2.47. The number of benzene rings is 2. The lowest BCUT2D eigenvalue weighted by atomic mass is 10.2. The van der Waals surface area contributed by atoms with Crippen LogP contribution in [0.3, 0.4) is 0 Å². The van der Waals surface area contributed by atoms with Gasteiger partial charge in [-0.05, 0) is 46.6 Å². The number of halogens is 1. The predicted molar refractivity (Wildman–Crippen MR) is 103 cm³/mol. The third kappa shape index (κ3) is 5.86. The van der Waals surface area contributed by atoms with E-state index < -0.39 is 23.8 Å². The molecule has 0 fully saturated rings. The molecule has 0 heterocycles. The lowest BCUT2D eigenvalue weighted by Crippen LogP contribution is -2.50. The molecular weight excluding hydrogens is 398 g/mol. The number of carbonyl (C=O) groups excluding carboxylic acids is 3. The van der Waals surface area contributed by atoms with E-state index in [1.807, 2.05) is 30.3 Å². The maximum absolute atomic E-state index is 12.0. The smallest absolute Gasteiger partial charge is 0.270 e. The number of amides is 3. The Labute approximate surface area is 159 Å². The van der Waals surface area contributed by atoms with E-state index in [9.17, 15) is 14.4 Å². The van der Waals surface area contributed by atoms with Crippen LogP contribution in [0.1, 0.15) is 22.8 Å². The second kappa shape index (κ2) is 9.53. The molecular formula is C19H18BrN3O3. The summed E-state index contributed by atoms with van der Waals surface area (Å²) in [5.41, 5.74) is 5.86. The monoisotopic (exact) mass is 415 g/mol. The van der Waals surface area contributed by atoms with Gasteiger partial charge in [-0.15, -0.1) is 0 Å². The van der Waals surface area contributed by atoms with Crippen molar-refractivity contribution in [2.24, 2.45) is 0 Å². The van der Waals surface area contributed by atoms with E-state index in [0.717, 1.165) is 5.56 Å². The van der Waals surface area contributed by atoms with Gasteiger partial charge in [0.25, 0.3) is 11.8 Å². The minimum absolute atomic E-state index is 0.385. The fourth-order valence-electron chi connectivity index (χ4n) is 2.00. The average Bonchev–Trinajstić information content (AvgIpc) is 2.65. The molecule has 6 nitrogen and oxygen atoms in total. The van der Waals surface area contributed by atoms with Gasteiger partial charge in [0.1, 0.15) is 6.04 Å². The molecule has 0 unspecified atom stereocenters. The quantitative estimate of drug-likeness (QED) is 0.517. The van der Waals surface area contributed by atoms with Crippen molar-refractivity contribution >= 4 is 39.7 Å². The Morgan fingerprint density at radius 3 is 2.31 bits per heavy atom. The molecule has 0 aliphatic carbocycles. The molecule has 0 aromatic heterocycles. The molecule has 2 aromatic rings. The van der Waals surface area contributed by atoms with E-state index in [2.05, 4.69) is 32.1 Å². The summed E-state index contributed by atoms with van der Waals surface area (Å²) in [6.07, 6.45) is 2.99. The summed E-state index contributed by atoms with van der Waals surface area (Å²) in [5, 5.41) is 2.53. The lowest BCUT2D eigenvalue weighted by Gasteiger charge is -2.14. The van der Waals surface area contributed by atoms with Crippen LogP contribution in [0.15, 0.2) is 65.1 Å². The largest absolute Gasteiger partial charge is 0.341 e. The van der Waals surface area contributed by atoms with Gasteiger partial charge in [-0.1, -0.05) is 42.5 Å². The van der Waals surface area contributed by atoms with Crippen molar-refractivity contribution in [2.75, 3.05) is 0 Å². The maximum Gasteiger partial charge on any atom is 0.270 e. The van der Waals surface area contributed by atoms with Crippen LogP contribution in [0.5, 0.6) is 0 Å². The molecule has 3 N–H and O–H groups in total. The van der Waals surface area contributed by atoms with Gasteiger partial charge in [0.05, 0.1) is 5.56 Å². The number of hydrogen-bond donors (Lipinski definition) is 3. The molecule has 2 aromatic carbocycles. The van der Waals surface area contributed by atoms with E-state index in [1.54, 1.807) is 30.3 Å². The zero-order valence-electron chi connectivity index (χ0n) is 14.0. The first-order valence-electron chi connectivity index (χ1n) is 7.85. The zero-order valence-corrected chi connectivity index (χ0v) is 15.6. The zero-order chi connectivity index (χ0) is 18.9. The lowest BCUT2D eigenvalue weighted by molar-refractivity contribution is -0.127. The van der Waals surface area contributed by atoms with Crippen LogP contribution in [-0.4, -0.2) is 23.8 Å². The third-order valence-electron chi connectivity index (χ3n) is 3.40. The molecule has 0 aliphatic heterocycles.